The Morgan fingerprint density at radius 1 is 1.62 bits per heavy atom. The number of rotatable bonds is 5. The molecule has 0 saturated heterocycles. The summed E-state index contributed by atoms with van der Waals surface area (Å²) in [6, 6.07) is 1.97. The van der Waals surface area contributed by atoms with Crippen LogP contribution in [0.4, 0.5) is 0 Å². The molecule has 2 nitrogen and oxygen atoms in total. The lowest BCUT2D eigenvalue weighted by atomic mass is 10.2. The molecular formula is C10H12Br2ClNOS. The molecule has 0 fully saturated rings. The first-order chi connectivity index (χ1) is 7.58. The average molecular weight is 390 g/mol. The van der Waals surface area contributed by atoms with E-state index in [0.717, 1.165) is 21.1 Å². The van der Waals surface area contributed by atoms with Crippen molar-refractivity contribution in [2.45, 2.75) is 25.8 Å². The number of carbonyl (C=O) groups excluding carboxylic acids is 1. The van der Waals surface area contributed by atoms with Crippen LogP contribution in [0, 0.1) is 0 Å². The highest BCUT2D eigenvalue weighted by molar-refractivity contribution is 9.13. The van der Waals surface area contributed by atoms with Gasteiger partial charge in [0.15, 0.2) is 0 Å². The van der Waals surface area contributed by atoms with Gasteiger partial charge in [0.2, 0.25) is 0 Å². The van der Waals surface area contributed by atoms with Gasteiger partial charge in [0.25, 0.3) is 5.91 Å². The molecular weight excluding hydrogens is 377 g/mol. The van der Waals surface area contributed by atoms with E-state index >= 15 is 0 Å². The van der Waals surface area contributed by atoms with Gasteiger partial charge in [-0.15, -0.1) is 22.9 Å². The second-order valence-corrected chi connectivity index (χ2v) is 6.89. The third-order valence-corrected chi connectivity index (χ3v) is 5.63. The maximum Gasteiger partial charge on any atom is 0.261 e. The number of halogens is 3. The zero-order chi connectivity index (χ0) is 12.1. The molecule has 16 heavy (non-hydrogen) atoms. The molecule has 1 heterocycles. The number of nitrogens with one attached hydrogen (secondary N) is 1. The number of alkyl halides is 1. The molecule has 0 bridgehead atoms. The van der Waals surface area contributed by atoms with Crippen LogP contribution in [0.1, 0.15) is 29.4 Å². The summed E-state index contributed by atoms with van der Waals surface area (Å²) >= 11 is 13.8. The Morgan fingerprint density at radius 3 is 2.75 bits per heavy atom. The molecule has 1 rings (SSSR count). The van der Waals surface area contributed by atoms with E-state index in [-0.39, 0.29) is 11.9 Å². The second kappa shape index (κ2) is 6.99. The average Bonchev–Trinajstić information content (AvgIpc) is 2.58. The SMILES string of the molecule is CCC(CCCl)NC(=O)c1cc(Br)c(Br)s1. The molecule has 1 atom stereocenters. The van der Waals surface area contributed by atoms with Crippen molar-refractivity contribution in [3.63, 3.8) is 0 Å². The van der Waals surface area contributed by atoms with Gasteiger partial charge in [-0.1, -0.05) is 6.92 Å². The molecule has 1 N–H and O–H groups in total. The number of thiophene rings is 1. The van der Waals surface area contributed by atoms with E-state index in [2.05, 4.69) is 37.2 Å². The molecule has 0 spiro atoms. The lowest BCUT2D eigenvalue weighted by molar-refractivity contribution is 0.0939. The standard InChI is InChI=1S/C10H12Br2ClNOS/c1-2-6(3-4-13)14-10(15)8-5-7(11)9(12)16-8/h5-6H,2-4H2,1H3,(H,14,15). The minimum absolute atomic E-state index is 0.0339. The second-order valence-electron chi connectivity index (χ2n) is 3.29. The highest BCUT2D eigenvalue weighted by atomic mass is 79.9. The molecule has 1 amide bonds. The van der Waals surface area contributed by atoms with Crippen LogP contribution in [-0.4, -0.2) is 17.8 Å². The van der Waals surface area contributed by atoms with Crippen LogP contribution in [0.25, 0.3) is 0 Å². The maximum absolute atomic E-state index is 11.9. The van der Waals surface area contributed by atoms with Gasteiger partial charge < -0.3 is 5.32 Å². The van der Waals surface area contributed by atoms with Crippen LogP contribution in [0.15, 0.2) is 14.3 Å². The number of carbonyl (C=O) groups is 1. The van der Waals surface area contributed by atoms with Crippen molar-refractivity contribution in [3.8, 4) is 0 Å². The molecule has 0 aliphatic rings. The number of hydrogen-bond donors (Lipinski definition) is 1. The molecule has 0 saturated carbocycles. The Hall–Kier alpha value is 0.420. The topological polar surface area (TPSA) is 29.1 Å². The van der Waals surface area contributed by atoms with Gasteiger partial charge in [0, 0.05) is 16.4 Å². The maximum atomic E-state index is 11.9. The van der Waals surface area contributed by atoms with Crippen molar-refractivity contribution in [2.24, 2.45) is 0 Å². The summed E-state index contributed by atoms with van der Waals surface area (Å²) < 4.78 is 1.84. The minimum atomic E-state index is -0.0339. The van der Waals surface area contributed by atoms with Crippen molar-refractivity contribution in [1.82, 2.24) is 5.32 Å². The summed E-state index contributed by atoms with van der Waals surface area (Å²) in [6.45, 7) is 2.04. The van der Waals surface area contributed by atoms with E-state index in [1.807, 2.05) is 13.0 Å². The first-order valence-electron chi connectivity index (χ1n) is 4.90. The lowest BCUT2D eigenvalue weighted by Gasteiger charge is -2.14. The van der Waals surface area contributed by atoms with Gasteiger partial charge >= 0.3 is 0 Å². The predicted molar refractivity (Wildman–Crippen MR) is 76.6 cm³/mol. The highest BCUT2D eigenvalue weighted by Gasteiger charge is 2.15. The smallest absolute Gasteiger partial charge is 0.261 e. The molecule has 1 aromatic rings. The predicted octanol–water partition coefficient (Wildman–Crippen LogP) is 4.41. The quantitative estimate of drug-likeness (QED) is 0.743. The van der Waals surface area contributed by atoms with Crippen LogP contribution in [0.2, 0.25) is 0 Å². The van der Waals surface area contributed by atoms with E-state index in [1.165, 1.54) is 11.3 Å². The van der Waals surface area contributed by atoms with Crippen LogP contribution >= 0.6 is 54.8 Å². The van der Waals surface area contributed by atoms with Crippen LogP contribution in [-0.2, 0) is 0 Å². The fourth-order valence-electron chi connectivity index (χ4n) is 1.23. The van der Waals surface area contributed by atoms with Crippen molar-refractivity contribution in [3.05, 3.63) is 19.2 Å². The van der Waals surface area contributed by atoms with E-state index in [1.54, 1.807) is 0 Å². The minimum Gasteiger partial charge on any atom is -0.349 e. The van der Waals surface area contributed by atoms with Gasteiger partial charge in [0.1, 0.15) is 0 Å². The molecule has 0 aliphatic carbocycles. The fraction of sp³-hybridized carbons (Fsp3) is 0.500. The molecule has 1 unspecified atom stereocenters. The van der Waals surface area contributed by atoms with Gasteiger partial charge in [0.05, 0.1) is 8.66 Å². The molecule has 1 aromatic heterocycles. The lowest BCUT2D eigenvalue weighted by Crippen LogP contribution is -2.34. The zero-order valence-corrected chi connectivity index (χ0v) is 13.5. The first-order valence-corrected chi connectivity index (χ1v) is 7.83. The van der Waals surface area contributed by atoms with Crippen LogP contribution in [0.3, 0.4) is 0 Å². The monoisotopic (exact) mass is 387 g/mol. The summed E-state index contributed by atoms with van der Waals surface area (Å²) in [5.74, 6) is 0.532. The zero-order valence-electron chi connectivity index (χ0n) is 8.73. The van der Waals surface area contributed by atoms with Gasteiger partial charge in [-0.3, -0.25) is 4.79 Å². The van der Waals surface area contributed by atoms with E-state index in [0.29, 0.717) is 10.8 Å². The van der Waals surface area contributed by atoms with Crippen LogP contribution in [0.5, 0.6) is 0 Å². The van der Waals surface area contributed by atoms with Crippen LogP contribution < -0.4 is 5.32 Å². The van der Waals surface area contributed by atoms with E-state index in [9.17, 15) is 4.79 Å². The van der Waals surface area contributed by atoms with E-state index < -0.39 is 0 Å². The Bertz CT molecular complexity index is 350. The summed E-state index contributed by atoms with van der Waals surface area (Å²) in [4.78, 5) is 12.6. The number of hydrogen-bond acceptors (Lipinski definition) is 2. The van der Waals surface area contributed by atoms with Crippen molar-refractivity contribution in [1.29, 1.82) is 0 Å². The molecule has 6 heteroatoms. The summed E-state index contributed by atoms with van der Waals surface area (Å²) in [5, 5.41) is 2.97. The normalized spacial score (nSPS) is 12.5. The summed E-state index contributed by atoms with van der Waals surface area (Å²) in [5.41, 5.74) is 0. The third-order valence-electron chi connectivity index (χ3n) is 2.15. The Morgan fingerprint density at radius 2 is 2.31 bits per heavy atom. The van der Waals surface area contributed by atoms with Gasteiger partial charge in [-0.05, 0) is 50.8 Å². The van der Waals surface area contributed by atoms with E-state index in [4.69, 9.17) is 11.6 Å². The fourth-order valence-corrected chi connectivity index (χ4v) is 3.43. The Labute approximate surface area is 121 Å². The summed E-state index contributed by atoms with van der Waals surface area (Å²) in [7, 11) is 0. The first kappa shape index (κ1) is 14.5. The number of amides is 1. The van der Waals surface area contributed by atoms with Gasteiger partial charge in [-0.2, -0.15) is 0 Å². The van der Waals surface area contributed by atoms with Crippen molar-refractivity contribution in [2.75, 3.05) is 5.88 Å². The highest BCUT2D eigenvalue weighted by Crippen LogP contribution is 2.32. The summed E-state index contributed by atoms with van der Waals surface area (Å²) in [6.07, 6.45) is 1.70. The molecule has 0 aromatic carbocycles. The van der Waals surface area contributed by atoms with Gasteiger partial charge in [-0.25, -0.2) is 0 Å². The van der Waals surface area contributed by atoms with Crippen molar-refractivity contribution < 1.29 is 4.79 Å². The molecule has 0 radical (unpaired) electrons. The third kappa shape index (κ3) is 4.02. The largest absolute Gasteiger partial charge is 0.349 e. The molecule has 90 valence electrons. The Kier molecular flexibility index (Phi) is 6.32. The molecule has 0 aliphatic heterocycles. The van der Waals surface area contributed by atoms with Crippen molar-refractivity contribution >= 4 is 60.7 Å². The Balaban J connectivity index is 2.64.